The molecule has 1 heterocycles. The van der Waals surface area contributed by atoms with Gasteiger partial charge in [0.25, 0.3) is 0 Å². The molecule has 4 unspecified atom stereocenters. The van der Waals surface area contributed by atoms with Crippen LogP contribution >= 0.6 is 0 Å². The van der Waals surface area contributed by atoms with Gasteiger partial charge in [0.15, 0.2) is 0 Å². The summed E-state index contributed by atoms with van der Waals surface area (Å²) in [5, 5.41) is 0. The molecule has 0 radical (unpaired) electrons. The van der Waals surface area contributed by atoms with Crippen LogP contribution in [0.1, 0.15) is 66.4 Å². The number of carbonyl (C=O) groups is 1. The van der Waals surface area contributed by atoms with Crippen LogP contribution in [0.5, 0.6) is 0 Å². The maximum atomic E-state index is 11.6. The van der Waals surface area contributed by atoms with Gasteiger partial charge in [0.05, 0.1) is 0 Å². The van der Waals surface area contributed by atoms with Gasteiger partial charge in [0.2, 0.25) is 0 Å². The smallest absolute Gasteiger partial charge is 0.302 e. The van der Waals surface area contributed by atoms with Crippen molar-refractivity contribution in [1.82, 2.24) is 4.90 Å². The summed E-state index contributed by atoms with van der Waals surface area (Å²) in [6.45, 7) is 13.9. The van der Waals surface area contributed by atoms with Crippen LogP contribution in [0.2, 0.25) is 0 Å². The minimum absolute atomic E-state index is 0.00102. The van der Waals surface area contributed by atoms with Crippen molar-refractivity contribution >= 4 is 5.97 Å². The molecular formula is C21H33NO2. The van der Waals surface area contributed by atoms with Gasteiger partial charge in [-0.2, -0.15) is 0 Å². The third-order valence-corrected chi connectivity index (χ3v) is 6.43. The summed E-state index contributed by atoms with van der Waals surface area (Å²) in [7, 11) is 0. The molecular weight excluding hydrogens is 298 g/mol. The molecule has 4 atom stereocenters. The number of piperidine rings is 1. The van der Waals surface area contributed by atoms with E-state index < -0.39 is 0 Å². The first kappa shape index (κ1) is 19.0. The zero-order valence-corrected chi connectivity index (χ0v) is 16.1. The minimum atomic E-state index is -0.166. The van der Waals surface area contributed by atoms with Gasteiger partial charge in [-0.25, -0.2) is 0 Å². The average Bonchev–Trinajstić information content (AvgIpc) is 2.57. The van der Waals surface area contributed by atoms with Crippen LogP contribution in [0, 0.1) is 5.92 Å². The molecule has 2 rings (SSSR count). The maximum absolute atomic E-state index is 11.6. The van der Waals surface area contributed by atoms with Crippen LogP contribution in [0.3, 0.4) is 0 Å². The second-order valence-corrected chi connectivity index (χ2v) is 7.77. The SMILES string of the molecule is CCC1(C)CC(OC(C)=O)C(C)C(C)(CC)N1Cc1ccccc1. The summed E-state index contributed by atoms with van der Waals surface area (Å²) in [6, 6.07) is 10.7. The van der Waals surface area contributed by atoms with Gasteiger partial charge in [-0.3, -0.25) is 9.69 Å². The molecule has 0 aromatic heterocycles. The molecule has 134 valence electrons. The second kappa shape index (κ2) is 7.26. The molecule has 0 bridgehead atoms. The van der Waals surface area contributed by atoms with E-state index in [1.54, 1.807) is 0 Å². The van der Waals surface area contributed by atoms with Crippen molar-refractivity contribution in [2.24, 2.45) is 5.92 Å². The van der Waals surface area contributed by atoms with E-state index in [0.29, 0.717) is 5.92 Å². The number of nitrogens with zero attached hydrogens (tertiary/aromatic N) is 1. The van der Waals surface area contributed by atoms with E-state index in [2.05, 4.69) is 69.9 Å². The van der Waals surface area contributed by atoms with Crippen molar-refractivity contribution in [1.29, 1.82) is 0 Å². The Hall–Kier alpha value is -1.35. The molecule has 1 aromatic rings. The number of benzene rings is 1. The fourth-order valence-electron chi connectivity index (χ4n) is 4.33. The molecule has 3 nitrogen and oxygen atoms in total. The van der Waals surface area contributed by atoms with E-state index >= 15 is 0 Å². The fraction of sp³-hybridized carbons (Fsp3) is 0.667. The third kappa shape index (κ3) is 3.51. The Balaban J connectivity index is 2.40. The lowest BCUT2D eigenvalue weighted by Gasteiger charge is -2.60. The Morgan fingerprint density at radius 3 is 2.33 bits per heavy atom. The highest BCUT2D eigenvalue weighted by Crippen LogP contribution is 2.47. The molecule has 0 saturated carbocycles. The molecule has 0 spiro atoms. The van der Waals surface area contributed by atoms with Crippen LogP contribution in [0.25, 0.3) is 0 Å². The minimum Gasteiger partial charge on any atom is -0.462 e. The first-order valence-corrected chi connectivity index (χ1v) is 9.25. The average molecular weight is 332 g/mol. The highest BCUT2D eigenvalue weighted by molar-refractivity contribution is 5.66. The molecule has 1 aromatic carbocycles. The van der Waals surface area contributed by atoms with Crippen molar-refractivity contribution in [3.8, 4) is 0 Å². The number of ether oxygens (including phenoxy) is 1. The summed E-state index contributed by atoms with van der Waals surface area (Å²) in [4.78, 5) is 14.3. The summed E-state index contributed by atoms with van der Waals surface area (Å²) >= 11 is 0. The van der Waals surface area contributed by atoms with Crippen LogP contribution in [0.4, 0.5) is 0 Å². The van der Waals surface area contributed by atoms with Gasteiger partial charge in [-0.15, -0.1) is 0 Å². The zero-order chi connectivity index (χ0) is 18.0. The predicted octanol–water partition coefficient (Wildman–Crippen LogP) is 4.80. The summed E-state index contributed by atoms with van der Waals surface area (Å²) in [5.74, 6) is 0.134. The Morgan fingerprint density at radius 2 is 1.83 bits per heavy atom. The van der Waals surface area contributed by atoms with Crippen LogP contribution in [-0.4, -0.2) is 28.1 Å². The molecule has 24 heavy (non-hydrogen) atoms. The monoisotopic (exact) mass is 331 g/mol. The molecule has 3 heteroatoms. The van der Waals surface area contributed by atoms with Crippen LogP contribution < -0.4 is 0 Å². The normalized spacial score (nSPS) is 34.1. The largest absolute Gasteiger partial charge is 0.462 e. The number of hydrogen-bond acceptors (Lipinski definition) is 3. The third-order valence-electron chi connectivity index (χ3n) is 6.43. The predicted molar refractivity (Wildman–Crippen MR) is 98.7 cm³/mol. The zero-order valence-electron chi connectivity index (χ0n) is 16.1. The standard InChI is InChI=1S/C21H33NO2/c1-7-20(5)14-19(24-17(4)23)16(3)21(6,8-2)22(20)15-18-12-10-9-11-13-18/h9-13,16,19H,7-8,14-15H2,1-6H3. The highest BCUT2D eigenvalue weighted by atomic mass is 16.5. The quantitative estimate of drug-likeness (QED) is 0.726. The van der Waals surface area contributed by atoms with Gasteiger partial charge in [0, 0.05) is 36.9 Å². The Labute approximate surface area is 147 Å². The number of esters is 1. The Kier molecular flexibility index (Phi) is 5.74. The summed E-state index contributed by atoms with van der Waals surface area (Å²) in [5.41, 5.74) is 1.36. The molecule has 0 aliphatic carbocycles. The Morgan fingerprint density at radius 1 is 1.21 bits per heavy atom. The first-order valence-electron chi connectivity index (χ1n) is 9.25. The fourth-order valence-corrected chi connectivity index (χ4v) is 4.33. The molecule has 1 aliphatic rings. The highest BCUT2D eigenvalue weighted by Gasteiger charge is 2.53. The Bertz CT molecular complexity index is 558. The maximum Gasteiger partial charge on any atom is 0.302 e. The molecule has 1 fully saturated rings. The van der Waals surface area contributed by atoms with Gasteiger partial charge >= 0.3 is 5.97 Å². The van der Waals surface area contributed by atoms with Gasteiger partial charge < -0.3 is 4.74 Å². The lowest BCUT2D eigenvalue weighted by molar-refractivity contribution is -0.176. The van der Waals surface area contributed by atoms with Gasteiger partial charge in [-0.1, -0.05) is 51.1 Å². The van der Waals surface area contributed by atoms with Crippen molar-refractivity contribution in [3.05, 3.63) is 35.9 Å². The molecule has 1 aliphatic heterocycles. The van der Waals surface area contributed by atoms with E-state index in [9.17, 15) is 4.79 Å². The number of hydrogen-bond donors (Lipinski definition) is 0. The second-order valence-electron chi connectivity index (χ2n) is 7.77. The summed E-state index contributed by atoms with van der Waals surface area (Å²) < 4.78 is 5.73. The van der Waals surface area contributed by atoms with Gasteiger partial charge in [-0.05, 0) is 32.3 Å². The van der Waals surface area contributed by atoms with Crippen molar-refractivity contribution < 1.29 is 9.53 Å². The van der Waals surface area contributed by atoms with Crippen LogP contribution in [-0.2, 0) is 16.1 Å². The van der Waals surface area contributed by atoms with Crippen molar-refractivity contribution in [2.45, 2.75) is 84.5 Å². The van der Waals surface area contributed by atoms with E-state index in [4.69, 9.17) is 4.74 Å². The lowest BCUT2D eigenvalue weighted by Crippen LogP contribution is -2.67. The molecule has 0 amide bonds. The number of likely N-dealkylation sites (tertiary alicyclic amines) is 1. The topological polar surface area (TPSA) is 29.5 Å². The van der Waals surface area contributed by atoms with E-state index in [1.165, 1.54) is 12.5 Å². The van der Waals surface area contributed by atoms with E-state index in [-0.39, 0.29) is 23.2 Å². The number of carbonyl (C=O) groups excluding carboxylic acids is 1. The molecule has 0 N–H and O–H groups in total. The van der Waals surface area contributed by atoms with Crippen LogP contribution in [0.15, 0.2) is 30.3 Å². The van der Waals surface area contributed by atoms with Crippen molar-refractivity contribution in [2.75, 3.05) is 0 Å². The lowest BCUT2D eigenvalue weighted by atomic mass is 9.67. The summed E-state index contributed by atoms with van der Waals surface area (Å²) in [6.07, 6.45) is 2.96. The first-order chi connectivity index (χ1) is 11.3. The number of rotatable bonds is 5. The van der Waals surface area contributed by atoms with Crippen molar-refractivity contribution in [3.63, 3.8) is 0 Å². The molecule has 1 saturated heterocycles. The van der Waals surface area contributed by atoms with Gasteiger partial charge in [0.1, 0.15) is 6.10 Å². The van der Waals surface area contributed by atoms with E-state index in [0.717, 1.165) is 25.8 Å². The van der Waals surface area contributed by atoms with E-state index in [1.807, 2.05) is 0 Å².